The number of carboxylic acid groups (broad SMARTS) is 1. The van der Waals surface area contributed by atoms with Gasteiger partial charge in [0, 0.05) is 18.6 Å². The number of aliphatic hydroxyl groups is 1. The molecule has 0 aromatic rings. The van der Waals surface area contributed by atoms with Crippen molar-refractivity contribution in [1.29, 1.82) is 0 Å². The van der Waals surface area contributed by atoms with Gasteiger partial charge < -0.3 is 10.2 Å². The highest BCUT2D eigenvalue weighted by molar-refractivity contribution is 5.76. The molecule has 1 aliphatic heterocycles. The molecule has 1 fully saturated rings. The Bertz CT molecular complexity index is 230. The summed E-state index contributed by atoms with van der Waals surface area (Å²) >= 11 is 0. The molecule has 2 N–H and O–H groups in total. The third-order valence-corrected chi connectivity index (χ3v) is 3.33. The maximum Gasteiger partial charge on any atom is 0.336 e. The molecule has 1 saturated heterocycles. The van der Waals surface area contributed by atoms with Crippen LogP contribution in [-0.4, -0.2) is 45.3 Å². The summed E-state index contributed by atoms with van der Waals surface area (Å²) in [5, 5.41) is 18.6. The summed E-state index contributed by atoms with van der Waals surface area (Å²) in [5.41, 5.74) is -1.64. The lowest BCUT2D eigenvalue weighted by atomic mass is 9.95. The summed E-state index contributed by atoms with van der Waals surface area (Å²) in [6, 6.07) is 0.721. The number of likely N-dealkylation sites (tertiary alicyclic amines) is 1. The molecule has 0 aromatic carbocycles. The average molecular weight is 215 g/mol. The molecule has 0 amide bonds. The van der Waals surface area contributed by atoms with Gasteiger partial charge in [-0.05, 0) is 33.6 Å². The zero-order chi connectivity index (χ0) is 11.6. The maximum absolute atomic E-state index is 10.8. The van der Waals surface area contributed by atoms with E-state index in [1.807, 2.05) is 0 Å². The van der Waals surface area contributed by atoms with E-state index in [-0.39, 0.29) is 6.54 Å². The minimum absolute atomic E-state index is 0.213. The van der Waals surface area contributed by atoms with Gasteiger partial charge in [-0.1, -0.05) is 6.42 Å². The quantitative estimate of drug-likeness (QED) is 0.739. The lowest BCUT2D eigenvalue weighted by molar-refractivity contribution is -0.160. The van der Waals surface area contributed by atoms with Crippen molar-refractivity contribution in [1.82, 2.24) is 4.90 Å². The first-order valence-corrected chi connectivity index (χ1v) is 5.56. The zero-order valence-electron chi connectivity index (χ0n) is 9.73. The van der Waals surface area contributed by atoms with Gasteiger partial charge in [0.2, 0.25) is 0 Å². The van der Waals surface area contributed by atoms with Crippen molar-refractivity contribution in [2.75, 3.05) is 6.54 Å². The van der Waals surface area contributed by atoms with E-state index >= 15 is 0 Å². The first-order valence-electron chi connectivity index (χ1n) is 5.56. The Morgan fingerprint density at radius 1 is 1.40 bits per heavy atom. The molecule has 1 aliphatic rings. The molecular formula is C11H21NO3. The topological polar surface area (TPSA) is 60.8 Å². The number of piperidine rings is 1. The predicted molar refractivity (Wildman–Crippen MR) is 57.7 cm³/mol. The van der Waals surface area contributed by atoms with Crippen LogP contribution >= 0.6 is 0 Å². The Labute approximate surface area is 90.9 Å². The van der Waals surface area contributed by atoms with E-state index in [0.29, 0.717) is 12.1 Å². The number of hydrogen-bond donors (Lipinski definition) is 2. The van der Waals surface area contributed by atoms with Gasteiger partial charge in [0.05, 0.1) is 0 Å². The lowest BCUT2D eigenvalue weighted by Crippen LogP contribution is -2.53. The number of hydrogen-bond acceptors (Lipinski definition) is 3. The fourth-order valence-electron chi connectivity index (χ4n) is 2.21. The lowest BCUT2D eigenvalue weighted by Gasteiger charge is -2.41. The van der Waals surface area contributed by atoms with E-state index in [4.69, 9.17) is 5.11 Å². The second-order valence-electron chi connectivity index (χ2n) is 4.88. The van der Waals surface area contributed by atoms with Crippen molar-refractivity contribution in [2.24, 2.45) is 0 Å². The van der Waals surface area contributed by atoms with E-state index in [1.54, 1.807) is 0 Å². The number of aliphatic carboxylic acids is 1. The highest BCUT2D eigenvalue weighted by atomic mass is 16.4. The van der Waals surface area contributed by atoms with E-state index < -0.39 is 11.6 Å². The van der Waals surface area contributed by atoms with E-state index in [2.05, 4.69) is 18.7 Å². The summed E-state index contributed by atoms with van der Waals surface area (Å²) in [4.78, 5) is 12.9. The van der Waals surface area contributed by atoms with Crippen molar-refractivity contribution >= 4 is 5.97 Å². The summed E-state index contributed by atoms with van der Waals surface area (Å²) in [7, 11) is 0. The first-order chi connectivity index (χ1) is 6.84. The molecule has 0 saturated carbocycles. The van der Waals surface area contributed by atoms with Gasteiger partial charge >= 0.3 is 5.97 Å². The number of rotatable bonds is 3. The average Bonchev–Trinajstić information content (AvgIpc) is 2.11. The summed E-state index contributed by atoms with van der Waals surface area (Å²) in [6.45, 7) is 5.76. The molecule has 1 heterocycles. The number of carboxylic acids is 1. The monoisotopic (exact) mass is 215 g/mol. The molecule has 1 rings (SSSR count). The van der Waals surface area contributed by atoms with Gasteiger partial charge in [0.15, 0.2) is 5.60 Å². The molecule has 88 valence electrons. The van der Waals surface area contributed by atoms with E-state index in [0.717, 1.165) is 12.8 Å². The summed E-state index contributed by atoms with van der Waals surface area (Å²) < 4.78 is 0. The third kappa shape index (κ3) is 2.92. The van der Waals surface area contributed by atoms with Crippen LogP contribution in [0.25, 0.3) is 0 Å². The Balaban J connectivity index is 2.66. The first kappa shape index (κ1) is 12.5. The largest absolute Gasteiger partial charge is 0.479 e. The van der Waals surface area contributed by atoms with Crippen molar-refractivity contribution in [3.05, 3.63) is 0 Å². The van der Waals surface area contributed by atoms with Gasteiger partial charge in [-0.25, -0.2) is 4.79 Å². The molecular weight excluding hydrogens is 194 g/mol. The van der Waals surface area contributed by atoms with Crippen LogP contribution in [-0.2, 0) is 4.79 Å². The van der Waals surface area contributed by atoms with Crippen LogP contribution in [0.3, 0.4) is 0 Å². The molecule has 3 unspecified atom stereocenters. The van der Waals surface area contributed by atoms with Gasteiger partial charge in [0.1, 0.15) is 0 Å². The second kappa shape index (κ2) is 4.49. The maximum atomic E-state index is 10.8. The molecule has 3 atom stereocenters. The van der Waals surface area contributed by atoms with Gasteiger partial charge in [0.25, 0.3) is 0 Å². The van der Waals surface area contributed by atoms with Crippen LogP contribution in [0.4, 0.5) is 0 Å². The van der Waals surface area contributed by atoms with Crippen LogP contribution in [0.1, 0.15) is 40.0 Å². The van der Waals surface area contributed by atoms with Crippen molar-refractivity contribution in [3.8, 4) is 0 Å². The molecule has 4 nitrogen and oxygen atoms in total. The second-order valence-corrected chi connectivity index (χ2v) is 4.88. The molecule has 0 aromatic heterocycles. The highest BCUT2D eigenvalue weighted by Gasteiger charge is 2.36. The number of β-amino-alcohol motifs (C(OH)–C–C–N with tert-alkyl or cyclic N) is 1. The van der Waals surface area contributed by atoms with Gasteiger partial charge in [-0.2, -0.15) is 0 Å². The molecule has 0 radical (unpaired) electrons. The SMILES string of the molecule is CC1CCCC(C)N1CC(C)(O)C(=O)O. The van der Waals surface area contributed by atoms with Crippen molar-refractivity contribution in [3.63, 3.8) is 0 Å². The Morgan fingerprint density at radius 3 is 2.27 bits per heavy atom. The molecule has 0 bridgehead atoms. The molecule has 15 heavy (non-hydrogen) atoms. The zero-order valence-corrected chi connectivity index (χ0v) is 9.73. The third-order valence-electron chi connectivity index (χ3n) is 3.33. The number of nitrogens with zero attached hydrogens (tertiary/aromatic N) is 1. The Hall–Kier alpha value is -0.610. The standard InChI is InChI=1S/C11H21NO3/c1-8-5-4-6-9(2)12(8)7-11(3,15)10(13)14/h8-9,15H,4-7H2,1-3H3,(H,13,14). The Kier molecular flexibility index (Phi) is 3.73. The smallest absolute Gasteiger partial charge is 0.336 e. The molecule has 4 heteroatoms. The minimum atomic E-state index is -1.64. The Morgan fingerprint density at radius 2 is 1.87 bits per heavy atom. The predicted octanol–water partition coefficient (Wildman–Crippen LogP) is 1.08. The molecule has 0 spiro atoms. The van der Waals surface area contributed by atoms with Gasteiger partial charge in [-0.15, -0.1) is 0 Å². The fraction of sp³-hybridized carbons (Fsp3) is 0.909. The summed E-state index contributed by atoms with van der Waals surface area (Å²) in [6.07, 6.45) is 3.36. The van der Waals surface area contributed by atoms with Crippen LogP contribution in [0.5, 0.6) is 0 Å². The van der Waals surface area contributed by atoms with Crippen LogP contribution < -0.4 is 0 Å². The van der Waals surface area contributed by atoms with Gasteiger partial charge in [-0.3, -0.25) is 4.90 Å². The minimum Gasteiger partial charge on any atom is -0.479 e. The van der Waals surface area contributed by atoms with E-state index in [9.17, 15) is 9.90 Å². The van der Waals surface area contributed by atoms with Crippen LogP contribution in [0, 0.1) is 0 Å². The van der Waals surface area contributed by atoms with Crippen molar-refractivity contribution < 1.29 is 15.0 Å². The van der Waals surface area contributed by atoms with E-state index in [1.165, 1.54) is 13.3 Å². The summed E-state index contributed by atoms with van der Waals surface area (Å²) in [5.74, 6) is -1.15. The number of carbonyl (C=O) groups is 1. The fourth-order valence-corrected chi connectivity index (χ4v) is 2.21. The van der Waals surface area contributed by atoms with Crippen molar-refractivity contribution in [2.45, 2.75) is 57.7 Å². The van der Waals surface area contributed by atoms with Crippen LogP contribution in [0.15, 0.2) is 0 Å². The molecule has 0 aliphatic carbocycles. The normalized spacial score (nSPS) is 32.3. The van der Waals surface area contributed by atoms with Crippen LogP contribution in [0.2, 0.25) is 0 Å². The highest BCUT2D eigenvalue weighted by Crippen LogP contribution is 2.24.